The van der Waals surface area contributed by atoms with E-state index >= 15 is 8.78 Å². The second kappa shape index (κ2) is 14.8. The fraction of sp³-hybridized carbons (Fsp3) is 0.412. The fourth-order valence-corrected chi connectivity index (χ4v) is 7.73. The molecule has 1 saturated carbocycles. The summed E-state index contributed by atoms with van der Waals surface area (Å²) in [4.78, 5) is 48.7. The number of carbonyl (C=O) groups is 4. The molecular weight excluding hydrogens is 654 g/mol. The molecule has 47 heavy (non-hydrogen) atoms. The van der Waals surface area contributed by atoms with Crippen LogP contribution in [0.5, 0.6) is 23.0 Å². The molecule has 2 aromatic heterocycles. The molecule has 2 heterocycles. The Balaban J connectivity index is 1.16. The van der Waals surface area contributed by atoms with Gasteiger partial charge in [0, 0.05) is 50.6 Å². The van der Waals surface area contributed by atoms with Crippen LogP contribution in [0.3, 0.4) is 0 Å². The molecule has 2 atom stereocenters. The van der Waals surface area contributed by atoms with Gasteiger partial charge in [0.05, 0.1) is 43.6 Å². The number of Topliss-reactive ketones (excluding diaryl/α,β-unsaturated/α-hetero) is 3. The summed E-state index contributed by atoms with van der Waals surface area (Å²) in [5, 5.41) is 9.29. The van der Waals surface area contributed by atoms with E-state index in [-0.39, 0.29) is 93.9 Å². The number of halogens is 2. The van der Waals surface area contributed by atoms with E-state index in [9.17, 15) is 19.2 Å². The minimum Gasteiger partial charge on any atom is -0.493 e. The topological polar surface area (TPSA) is 125 Å². The summed E-state index contributed by atoms with van der Waals surface area (Å²) in [6.07, 6.45) is 2.55. The number of hydrogen-bond acceptors (Lipinski definition) is 10. The van der Waals surface area contributed by atoms with E-state index in [1.807, 2.05) is 0 Å². The van der Waals surface area contributed by atoms with Crippen LogP contribution in [0.25, 0.3) is 20.2 Å². The van der Waals surface area contributed by atoms with E-state index in [2.05, 4.69) is 0 Å². The summed E-state index contributed by atoms with van der Waals surface area (Å²) >= 11 is 2.24. The average molecular weight is 689 g/mol. The highest BCUT2D eigenvalue weighted by molar-refractivity contribution is 7.21. The molecule has 250 valence electrons. The van der Waals surface area contributed by atoms with Gasteiger partial charge in [0.15, 0.2) is 46.2 Å². The zero-order valence-electron chi connectivity index (χ0n) is 26.1. The van der Waals surface area contributed by atoms with Gasteiger partial charge >= 0.3 is 5.97 Å². The third-order valence-corrected chi connectivity index (χ3v) is 10.5. The van der Waals surface area contributed by atoms with E-state index in [0.29, 0.717) is 46.4 Å². The zero-order valence-corrected chi connectivity index (χ0v) is 27.7. The third kappa shape index (κ3) is 7.25. The SMILES string of the molecule is COc1cc2sc(C(=O)CCC(=O)O)cc2c(F)c1OCCCCCOc1c(OC)cc2sc(C(=O)[C@@H]3CC[C@H]3C(C)=O)cc2c1F. The van der Waals surface area contributed by atoms with Crippen LogP contribution in [0, 0.1) is 23.5 Å². The highest BCUT2D eigenvalue weighted by Gasteiger charge is 2.40. The van der Waals surface area contributed by atoms with Crippen LogP contribution in [-0.4, -0.2) is 55.9 Å². The summed E-state index contributed by atoms with van der Waals surface area (Å²) in [7, 11) is 2.80. The first-order chi connectivity index (χ1) is 22.5. The largest absolute Gasteiger partial charge is 0.493 e. The first-order valence-corrected chi connectivity index (χ1v) is 16.8. The van der Waals surface area contributed by atoms with Crippen molar-refractivity contribution in [1.82, 2.24) is 0 Å². The van der Waals surface area contributed by atoms with E-state index in [0.717, 1.165) is 11.3 Å². The lowest BCUT2D eigenvalue weighted by Gasteiger charge is -2.33. The minimum absolute atomic E-state index is 0.00215. The number of carbonyl (C=O) groups excluding carboxylic acids is 3. The van der Waals surface area contributed by atoms with Crippen molar-refractivity contribution < 1.29 is 52.0 Å². The Morgan fingerprint density at radius 2 is 1.28 bits per heavy atom. The molecule has 0 radical (unpaired) electrons. The maximum Gasteiger partial charge on any atom is 0.303 e. The number of hydrogen-bond donors (Lipinski definition) is 1. The number of methoxy groups -OCH3 is 2. The van der Waals surface area contributed by atoms with E-state index < -0.39 is 17.6 Å². The number of thiophene rings is 2. The fourth-order valence-electron chi connectivity index (χ4n) is 5.59. The molecule has 5 rings (SSSR count). The second-order valence-electron chi connectivity index (χ2n) is 11.3. The molecule has 0 unspecified atom stereocenters. The molecule has 13 heteroatoms. The average Bonchev–Trinajstić information content (AvgIpc) is 3.65. The Morgan fingerprint density at radius 1 is 0.766 bits per heavy atom. The summed E-state index contributed by atoms with van der Waals surface area (Å²) in [5.74, 6) is -3.26. The Kier molecular flexibility index (Phi) is 10.8. The number of fused-ring (bicyclic) bond motifs is 2. The van der Waals surface area contributed by atoms with Crippen molar-refractivity contribution in [2.24, 2.45) is 11.8 Å². The third-order valence-electron chi connectivity index (χ3n) is 8.30. The minimum atomic E-state index is -1.08. The zero-order chi connectivity index (χ0) is 33.8. The van der Waals surface area contributed by atoms with Crippen molar-refractivity contribution in [2.45, 2.75) is 51.9 Å². The van der Waals surface area contributed by atoms with Crippen LogP contribution >= 0.6 is 22.7 Å². The lowest BCUT2D eigenvalue weighted by atomic mass is 9.69. The molecule has 0 spiro atoms. The van der Waals surface area contributed by atoms with E-state index in [1.54, 1.807) is 12.1 Å². The number of aliphatic carboxylic acids is 1. The van der Waals surface area contributed by atoms with Gasteiger partial charge in [-0.2, -0.15) is 0 Å². The number of unbranched alkanes of at least 4 members (excludes halogenated alkanes) is 2. The molecule has 2 aromatic carbocycles. The molecule has 0 bridgehead atoms. The molecule has 1 N–H and O–H groups in total. The number of ketones is 3. The van der Waals surface area contributed by atoms with Gasteiger partial charge in [-0.05, 0) is 51.2 Å². The molecule has 1 aliphatic rings. The smallest absolute Gasteiger partial charge is 0.303 e. The van der Waals surface area contributed by atoms with Gasteiger partial charge in [0.25, 0.3) is 0 Å². The number of carboxylic acid groups (broad SMARTS) is 1. The molecular formula is C34H34F2O9S2. The Labute approximate surface area is 277 Å². The summed E-state index contributed by atoms with van der Waals surface area (Å²) in [6, 6.07) is 6.16. The van der Waals surface area contributed by atoms with Gasteiger partial charge in [-0.1, -0.05) is 0 Å². The first kappa shape index (κ1) is 34.2. The molecule has 4 aromatic rings. The monoisotopic (exact) mass is 688 g/mol. The van der Waals surface area contributed by atoms with Gasteiger partial charge < -0.3 is 24.1 Å². The Bertz CT molecular complexity index is 1840. The van der Waals surface area contributed by atoms with Crippen LogP contribution in [0.4, 0.5) is 8.78 Å². The van der Waals surface area contributed by atoms with Crippen LogP contribution in [0.2, 0.25) is 0 Å². The highest BCUT2D eigenvalue weighted by Crippen LogP contribution is 2.44. The standard InChI is InChI=1S/C34H34F2O9S2/c1-17(37)18-7-8-19(18)32(41)28-14-21-26(47-28)16-24(43-3)34(31(21)36)45-12-6-4-5-11-44-33-23(42-2)15-25-20(30(33)35)13-27(46-25)22(38)9-10-29(39)40/h13-16,18-19H,4-12H2,1-3H3,(H,39,40)/t18-,19+/m0/s1. The van der Waals surface area contributed by atoms with Crippen LogP contribution in [0.15, 0.2) is 24.3 Å². The van der Waals surface area contributed by atoms with Crippen LogP contribution < -0.4 is 18.9 Å². The molecule has 9 nitrogen and oxygen atoms in total. The van der Waals surface area contributed by atoms with Crippen molar-refractivity contribution in [3.63, 3.8) is 0 Å². The van der Waals surface area contributed by atoms with Crippen molar-refractivity contribution in [2.75, 3.05) is 27.4 Å². The van der Waals surface area contributed by atoms with Crippen molar-refractivity contribution in [3.8, 4) is 23.0 Å². The normalized spacial score (nSPS) is 15.8. The number of rotatable bonds is 17. The van der Waals surface area contributed by atoms with E-state index in [1.165, 1.54) is 44.6 Å². The predicted molar refractivity (Wildman–Crippen MR) is 174 cm³/mol. The predicted octanol–water partition coefficient (Wildman–Crippen LogP) is 7.88. The van der Waals surface area contributed by atoms with Crippen LogP contribution in [-0.2, 0) is 9.59 Å². The summed E-state index contributed by atoms with van der Waals surface area (Å²) in [5.41, 5.74) is 0. The number of ether oxygens (including phenoxy) is 4. The summed E-state index contributed by atoms with van der Waals surface area (Å²) < 4.78 is 54.2. The van der Waals surface area contributed by atoms with Gasteiger partial charge in [-0.15, -0.1) is 22.7 Å². The lowest BCUT2D eigenvalue weighted by Crippen LogP contribution is -2.36. The molecule has 0 saturated heterocycles. The maximum atomic E-state index is 15.6. The van der Waals surface area contributed by atoms with E-state index in [4.69, 9.17) is 24.1 Å². The quantitative estimate of drug-likeness (QED) is 0.0871. The lowest BCUT2D eigenvalue weighted by molar-refractivity contribution is -0.137. The molecule has 0 aliphatic heterocycles. The second-order valence-corrected chi connectivity index (χ2v) is 13.5. The Hall–Kier alpha value is -4.10. The Morgan fingerprint density at radius 3 is 1.74 bits per heavy atom. The number of carboxylic acids is 1. The number of benzene rings is 2. The summed E-state index contributed by atoms with van der Waals surface area (Å²) in [6.45, 7) is 1.83. The highest BCUT2D eigenvalue weighted by atomic mass is 32.1. The van der Waals surface area contributed by atoms with Crippen LogP contribution in [0.1, 0.15) is 71.2 Å². The first-order valence-electron chi connectivity index (χ1n) is 15.2. The van der Waals surface area contributed by atoms with Gasteiger partial charge in [-0.3, -0.25) is 19.2 Å². The molecule has 1 aliphatic carbocycles. The maximum absolute atomic E-state index is 15.6. The van der Waals surface area contributed by atoms with Gasteiger partial charge in [-0.25, -0.2) is 8.78 Å². The van der Waals surface area contributed by atoms with Gasteiger partial charge in [0.2, 0.25) is 0 Å². The molecule has 1 fully saturated rings. The van der Waals surface area contributed by atoms with Crippen molar-refractivity contribution >= 4 is 66.2 Å². The molecule has 0 amide bonds. The van der Waals surface area contributed by atoms with Crippen molar-refractivity contribution in [3.05, 3.63) is 45.7 Å². The van der Waals surface area contributed by atoms with Gasteiger partial charge in [0.1, 0.15) is 5.78 Å². The van der Waals surface area contributed by atoms with Crippen molar-refractivity contribution in [1.29, 1.82) is 0 Å².